The second-order valence-electron chi connectivity index (χ2n) is 8.86. The van der Waals surface area contributed by atoms with Crippen molar-refractivity contribution in [3.8, 4) is 33.8 Å². The van der Waals surface area contributed by atoms with E-state index in [0.29, 0.717) is 6.04 Å². The number of nitrogens with one attached hydrogen (secondary N) is 1. The number of likely N-dealkylation sites (tertiary alicyclic amines) is 1. The molecule has 0 radical (unpaired) electrons. The molecule has 1 aliphatic heterocycles. The first-order valence-electron chi connectivity index (χ1n) is 11.6. The lowest BCUT2D eigenvalue weighted by atomic mass is 10.0. The van der Waals surface area contributed by atoms with Crippen molar-refractivity contribution < 1.29 is 4.79 Å². The molecular formula is C27H28N6O. The van der Waals surface area contributed by atoms with Gasteiger partial charge in [-0.05, 0) is 68.9 Å². The minimum Gasteiger partial charge on any atom is -0.339 e. The lowest BCUT2D eigenvalue weighted by molar-refractivity contribution is 0.0663. The summed E-state index contributed by atoms with van der Waals surface area (Å²) < 4.78 is 0. The van der Waals surface area contributed by atoms with Crippen LogP contribution in [0.15, 0.2) is 73.2 Å². The van der Waals surface area contributed by atoms with Crippen molar-refractivity contribution in [2.45, 2.75) is 18.9 Å². The molecule has 7 nitrogen and oxygen atoms in total. The van der Waals surface area contributed by atoms with Gasteiger partial charge in [0.25, 0.3) is 5.91 Å². The minimum atomic E-state index is 0.101. The van der Waals surface area contributed by atoms with Crippen molar-refractivity contribution in [3.05, 3.63) is 78.8 Å². The zero-order chi connectivity index (χ0) is 23.5. The molecule has 1 amide bonds. The van der Waals surface area contributed by atoms with Crippen LogP contribution in [-0.4, -0.2) is 69.1 Å². The number of aromatic nitrogens is 4. The molecule has 0 saturated carbocycles. The van der Waals surface area contributed by atoms with Crippen LogP contribution in [0.1, 0.15) is 23.2 Å². The lowest BCUT2D eigenvalue weighted by Gasteiger charge is -2.35. The summed E-state index contributed by atoms with van der Waals surface area (Å²) >= 11 is 0. The third kappa shape index (κ3) is 4.47. The van der Waals surface area contributed by atoms with Gasteiger partial charge in [-0.3, -0.25) is 19.9 Å². The molecule has 4 aromatic rings. The van der Waals surface area contributed by atoms with E-state index in [2.05, 4.69) is 39.2 Å². The Balaban J connectivity index is 1.34. The fourth-order valence-electron chi connectivity index (χ4n) is 4.52. The fraction of sp³-hybridized carbons (Fsp3) is 0.259. The first-order valence-corrected chi connectivity index (χ1v) is 11.6. The normalized spacial score (nSPS) is 14.5. The number of hydrogen-bond donors (Lipinski definition) is 1. The van der Waals surface area contributed by atoms with E-state index in [1.165, 1.54) is 0 Å². The van der Waals surface area contributed by atoms with Crippen LogP contribution in [0, 0.1) is 0 Å². The zero-order valence-corrected chi connectivity index (χ0v) is 19.5. The number of nitrogens with zero attached hydrogens (tertiary/aromatic N) is 5. The molecule has 34 heavy (non-hydrogen) atoms. The molecule has 3 aromatic heterocycles. The number of rotatable bonds is 5. The Morgan fingerprint density at radius 3 is 2.41 bits per heavy atom. The van der Waals surface area contributed by atoms with Crippen LogP contribution in [0.3, 0.4) is 0 Å². The zero-order valence-electron chi connectivity index (χ0n) is 19.5. The highest BCUT2D eigenvalue weighted by Crippen LogP contribution is 2.31. The first-order chi connectivity index (χ1) is 16.6. The maximum absolute atomic E-state index is 13.0. The minimum absolute atomic E-state index is 0.101. The van der Waals surface area contributed by atoms with Gasteiger partial charge in [-0.1, -0.05) is 18.2 Å². The predicted molar refractivity (Wildman–Crippen MR) is 133 cm³/mol. The van der Waals surface area contributed by atoms with Crippen molar-refractivity contribution in [3.63, 3.8) is 0 Å². The first kappa shape index (κ1) is 22.0. The monoisotopic (exact) mass is 452 g/mol. The average molecular weight is 453 g/mol. The predicted octanol–water partition coefficient (Wildman–Crippen LogP) is 4.37. The Labute approximate surface area is 199 Å². The summed E-state index contributed by atoms with van der Waals surface area (Å²) in [5.41, 5.74) is 6.12. The van der Waals surface area contributed by atoms with E-state index in [1.807, 2.05) is 65.7 Å². The molecule has 1 aliphatic rings. The Hall–Kier alpha value is -3.84. The molecule has 0 atom stereocenters. The summed E-state index contributed by atoms with van der Waals surface area (Å²) in [6.45, 7) is 1.60. The Morgan fingerprint density at radius 1 is 0.941 bits per heavy atom. The van der Waals surface area contributed by atoms with Crippen molar-refractivity contribution in [1.29, 1.82) is 0 Å². The summed E-state index contributed by atoms with van der Waals surface area (Å²) in [6, 6.07) is 18.1. The summed E-state index contributed by atoms with van der Waals surface area (Å²) in [5.74, 6) is 0.101. The maximum Gasteiger partial charge on any atom is 0.253 e. The average Bonchev–Trinajstić information content (AvgIpc) is 3.39. The smallest absolute Gasteiger partial charge is 0.253 e. The van der Waals surface area contributed by atoms with Crippen LogP contribution in [0.25, 0.3) is 33.8 Å². The number of piperidine rings is 1. The van der Waals surface area contributed by atoms with Gasteiger partial charge in [0.15, 0.2) is 0 Å². The number of carbonyl (C=O) groups is 1. The standard InChI is InChI=1S/C27H28N6O/c1-32(2)22-11-15-33(16-12-22)27(34)20-8-6-19(7-9-20)25-17-21(10-14-29-25)23-18-30-31-26(23)24-5-3-4-13-28-24/h3-10,13-14,17-18,22H,11-12,15-16H2,1-2H3,(H,30,31). The van der Waals surface area contributed by atoms with Crippen molar-refractivity contribution >= 4 is 5.91 Å². The van der Waals surface area contributed by atoms with Gasteiger partial charge in [0.05, 0.1) is 11.4 Å². The molecule has 1 N–H and O–H groups in total. The third-order valence-corrected chi connectivity index (χ3v) is 6.53. The van der Waals surface area contributed by atoms with Gasteiger partial charge in [-0.15, -0.1) is 0 Å². The summed E-state index contributed by atoms with van der Waals surface area (Å²) in [7, 11) is 4.21. The number of carbonyl (C=O) groups excluding carboxylic acids is 1. The maximum atomic E-state index is 13.0. The van der Waals surface area contributed by atoms with Crippen LogP contribution in [-0.2, 0) is 0 Å². The highest BCUT2D eigenvalue weighted by Gasteiger charge is 2.24. The summed E-state index contributed by atoms with van der Waals surface area (Å²) in [4.78, 5) is 26.2. The van der Waals surface area contributed by atoms with Gasteiger partial charge in [0, 0.05) is 54.4 Å². The molecule has 4 heterocycles. The van der Waals surface area contributed by atoms with E-state index in [0.717, 1.165) is 65.3 Å². The van der Waals surface area contributed by atoms with Gasteiger partial charge in [0.2, 0.25) is 0 Å². The van der Waals surface area contributed by atoms with Crippen molar-refractivity contribution in [2.75, 3.05) is 27.2 Å². The van der Waals surface area contributed by atoms with E-state index >= 15 is 0 Å². The van der Waals surface area contributed by atoms with Crippen LogP contribution < -0.4 is 0 Å². The van der Waals surface area contributed by atoms with Crippen LogP contribution >= 0.6 is 0 Å². The van der Waals surface area contributed by atoms with Gasteiger partial charge < -0.3 is 9.80 Å². The number of hydrogen-bond acceptors (Lipinski definition) is 5. The topological polar surface area (TPSA) is 78.0 Å². The molecule has 172 valence electrons. The molecule has 7 heteroatoms. The molecule has 0 bridgehead atoms. The number of aromatic amines is 1. The van der Waals surface area contributed by atoms with Gasteiger partial charge in [-0.25, -0.2) is 0 Å². The lowest BCUT2D eigenvalue weighted by Crippen LogP contribution is -2.44. The van der Waals surface area contributed by atoms with Crippen molar-refractivity contribution in [2.24, 2.45) is 0 Å². The van der Waals surface area contributed by atoms with E-state index in [9.17, 15) is 4.79 Å². The van der Waals surface area contributed by atoms with Gasteiger partial charge in [0.1, 0.15) is 5.69 Å². The van der Waals surface area contributed by atoms with Crippen LogP contribution in [0.4, 0.5) is 0 Å². The number of benzene rings is 1. The van der Waals surface area contributed by atoms with Gasteiger partial charge >= 0.3 is 0 Å². The second-order valence-corrected chi connectivity index (χ2v) is 8.86. The largest absolute Gasteiger partial charge is 0.339 e. The molecule has 5 rings (SSSR count). The molecule has 0 unspecified atom stereocenters. The summed E-state index contributed by atoms with van der Waals surface area (Å²) in [5, 5.41) is 7.36. The Kier molecular flexibility index (Phi) is 6.18. The Bertz CT molecular complexity index is 1260. The molecule has 1 fully saturated rings. The molecule has 0 spiro atoms. The Morgan fingerprint density at radius 2 is 1.71 bits per heavy atom. The third-order valence-electron chi connectivity index (χ3n) is 6.53. The van der Waals surface area contributed by atoms with Gasteiger partial charge in [-0.2, -0.15) is 5.10 Å². The van der Waals surface area contributed by atoms with E-state index in [1.54, 1.807) is 12.4 Å². The van der Waals surface area contributed by atoms with Crippen LogP contribution in [0.2, 0.25) is 0 Å². The SMILES string of the molecule is CN(C)C1CCN(C(=O)c2ccc(-c3cc(-c4c[nH]nc4-c4ccccn4)ccn3)cc2)CC1. The molecular weight excluding hydrogens is 424 g/mol. The highest BCUT2D eigenvalue weighted by molar-refractivity contribution is 5.94. The number of amides is 1. The highest BCUT2D eigenvalue weighted by atomic mass is 16.2. The molecule has 1 aromatic carbocycles. The summed E-state index contributed by atoms with van der Waals surface area (Å²) in [6.07, 6.45) is 7.47. The van der Waals surface area contributed by atoms with Crippen molar-refractivity contribution in [1.82, 2.24) is 30.0 Å². The van der Waals surface area contributed by atoms with E-state index in [-0.39, 0.29) is 5.91 Å². The fourth-order valence-corrected chi connectivity index (χ4v) is 4.52. The number of H-pyrrole nitrogens is 1. The van der Waals surface area contributed by atoms with E-state index in [4.69, 9.17) is 0 Å². The quantitative estimate of drug-likeness (QED) is 0.487. The molecule has 1 saturated heterocycles. The van der Waals surface area contributed by atoms with E-state index < -0.39 is 0 Å². The second kappa shape index (κ2) is 9.57. The number of pyridine rings is 2. The van der Waals surface area contributed by atoms with Crippen LogP contribution in [0.5, 0.6) is 0 Å². The molecule has 0 aliphatic carbocycles.